The number of anilines is 2. The highest BCUT2D eigenvalue weighted by Gasteiger charge is 2.20. The van der Waals surface area contributed by atoms with Crippen LogP contribution in [-0.4, -0.2) is 35.3 Å². The maximum Gasteiger partial charge on any atom is 0.234 e. The number of aryl methyl sites for hydroxylation is 1. The number of para-hydroxylation sites is 1. The van der Waals surface area contributed by atoms with E-state index in [1.807, 2.05) is 49.4 Å². The molecule has 1 aliphatic heterocycles. The minimum atomic E-state index is -0.106. The molecular formula is C27H26N4O2S. The second kappa shape index (κ2) is 9.73. The fraction of sp³-hybridized carbons (Fsp3) is 0.222. The summed E-state index contributed by atoms with van der Waals surface area (Å²) >= 11 is 1.43. The molecule has 2 heterocycles. The molecule has 0 spiro atoms. The van der Waals surface area contributed by atoms with Crippen molar-refractivity contribution >= 4 is 40.2 Å². The second-order valence-electron chi connectivity index (χ2n) is 8.33. The number of rotatable bonds is 6. The molecule has 3 aromatic carbocycles. The summed E-state index contributed by atoms with van der Waals surface area (Å²) in [5.74, 6) is 1.48. The van der Waals surface area contributed by atoms with Crippen LogP contribution in [0.1, 0.15) is 16.7 Å². The van der Waals surface area contributed by atoms with Crippen LogP contribution in [0.3, 0.4) is 0 Å². The van der Waals surface area contributed by atoms with Crippen LogP contribution >= 0.6 is 11.8 Å². The molecule has 5 rings (SSSR count). The van der Waals surface area contributed by atoms with Crippen LogP contribution in [0.5, 0.6) is 5.75 Å². The van der Waals surface area contributed by atoms with Crippen molar-refractivity contribution < 1.29 is 9.53 Å². The number of carbonyl (C=O) groups is 1. The normalized spacial score (nSPS) is 12.9. The standard InChI is InChI=1S/C27H26N4O2S/c1-18-11-12-24(33-2)23(15-18)28-25(32)17-34-26-21-9-5-6-10-22(21)29-27(30-26)31-14-13-19-7-3-4-8-20(19)16-31/h3-12,15H,13-14,16-17H2,1-2H3,(H,28,32). The Hall–Kier alpha value is -3.58. The first-order valence-electron chi connectivity index (χ1n) is 11.3. The van der Waals surface area contributed by atoms with Crippen molar-refractivity contribution in [2.24, 2.45) is 0 Å². The lowest BCUT2D eigenvalue weighted by Crippen LogP contribution is -2.31. The smallest absolute Gasteiger partial charge is 0.234 e. The van der Waals surface area contributed by atoms with Gasteiger partial charge in [-0.1, -0.05) is 60.3 Å². The van der Waals surface area contributed by atoms with Gasteiger partial charge in [0.1, 0.15) is 10.8 Å². The Morgan fingerprint density at radius 2 is 1.85 bits per heavy atom. The van der Waals surface area contributed by atoms with Gasteiger partial charge < -0.3 is 15.0 Å². The van der Waals surface area contributed by atoms with E-state index in [-0.39, 0.29) is 11.7 Å². The Morgan fingerprint density at radius 1 is 1.06 bits per heavy atom. The van der Waals surface area contributed by atoms with Crippen molar-refractivity contribution in [1.29, 1.82) is 0 Å². The van der Waals surface area contributed by atoms with Crippen LogP contribution in [0.2, 0.25) is 0 Å². The largest absolute Gasteiger partial charge is 0.495 e. The van der Waals surface area contributed by atoms with Crippen LogP contribution in [0.25, 0.3) is 10.9 Å². The summed E-state index contributed by atoms with van der Waals surface area (Å²) < 4.78 is 5.38. The molecule has 7 heteroatoms. The highest BCUT2D eigenvalue weighted by molar-refractivity contribution is 8.00. The average molecular weight is 471 g/mol. The lowest BCUT2D eigenvalue weighted by molar-refractivity contribution is -0.113. The van der Waals surface area contributed by atoms with Gasteiger partial charge in [-0.3, -0.25) is 4.79 Å². The fourth-order valence-electron chi connectivity index (χ4n) is 4.19. The molecule has 34 heavy (non-hydrogen) atoms. The Morgan fingerprint density at radius 3 is 2.71 bits per heavy atom. The summed E-state index contributed by atoms with van der Waals surface area (Å²) in [6.45, 7) is 3.64. The SMILES string of the molecule is COc1ccc(C)cc1NC(=O)CSc1nc(N2CCc3ccccc3C2)nc2ccccc12. The number of nitrogens with zero attached hydrogens (tertiary/aromatic N) is 3. The van der Waals surface area contributed by atoms with Crippen molar-refractivity contribution in [3.05, 3.63) is 83.4 Å². The first-order valence-corrected chi connectivity index (χ1v) is 12.2. The van der Waals surface area contributed by atoms with E-state index in [9.17, 15) is 4.79 Å². The molecular weight excluding hydrogens is 444 g/mol. The fourth-order valence-corrected chi connectivity index (χ4v) is 5.01. The van der Waals surface area contributed by atoms with E-state index in [0.29, 0.717) is 17.4 Å². The summed E-state index contributed by atoms with van der Waals surface area (Å²) in [5, 5.41) is 4.74. The van der Waals surface area contributed by atoms with E-state index in [2.05, 4.69) is 34.5 Å². The number of thioether (sulfide) groups is 1. The topological polar surface area (TPSA) is 67.3 Å². The van der Waals surface area contributed by atoms with Gasteiger partial charge in [-0.25, -0.2) is 9.97 Å². The van der Waals surface area contributed by atoms with Gasteiger partial charge in [-0.05, 0) is 48.2 Å². The van der Waals surface area contributed by atoms with Gasteiger partial charge in [0, 0.05) is 18.5 Å². The number of carbonyl (C=O) groups excluding carboxylic acids is 1. The first kappa shape index (κ1) is 22.2. The number of benzene rings is 3. The number of fused-ring (bicyclic) bond motifs is 2. The molecule has 4 aromatic rings. The molecule has 0 bridgehead atoms. The molecule has 0 aliphatic carbocycles. The molecule has 0 fully saturated rings. The highest BCUT2D eigenvalue weighted by Crippen LogP contribution is 2.30. The number of hydrogen-bond acceptors (Lipinski definition) is 6. The Bertz CT molecular complexity index is 1360. The molecule has 1 aromatic heterocycles. The zero-order chi connectivity index (χ0) is 23.5. The van der Waals surface area contributed by atoms with E-state index >= 15 is 0 Å². The summed E-state index contributed by atoms with van der Waals surface area (Å²) in [4.78, 5) is 24.7. The molecule has 1 aliphatic rings. The lowest BCUT2D eigenvalue weighted by atomic mass is 10.0. The third-order valence-electron chi connectivity index (χ3n) is 5.94. The van der Waals surface area contributed by atoms with Crippen molar-refractivity contribution in [3.63, 3.8) is 0 Å². The number of aromatic nitrogens is 2. The lowest BCUT2D eigenvalue weighted by Gasteiger charge is -2.29. The molecule has 1 amide bonds. The van der Waals surface area contributed by atoms with Crippen LogP contribution in [-0.2, 0) is 17.8 Å². The second-order valence-corrected chi connectivity index (χ2v) is 9.29. The third-order valence-corrected chi connectivity index (χ3v) is 6.93. The van der Waals surface area contributed by atoms with E-state index in [0.717, 1.165) is 41.0 Å². The summed E-state index contributed by atoms with van der Waals surface area (Å²) in [6, 6.07) is 22.2. The van der Waals surface area contributed by atoms with Gasteiger partial charge in [-0.2, -0.15) is 0 Å². The first-order chi connectivity index (χ1) is 16.6. The molecule has 172 valence electrons. The number of ether oxygens (including phenoxy) is 1. The van der Waals surface area contributed by atoms with E-state index in [1.54, 1.807) is 7.11 Å². The van der Waals surface area contributed by atoms with Crippen LogP contribution < -0.4 is 15.0 Å². The van der Waals surface area contributed by atoms with Crippen molar-refractivity contribution in [2.75, 3.05) is 29.6 Å². The molecule has 0 unspecified atom stereocenters. The van der Waals surface area contributed by atoms with Crippen molar-refractivity contribution in [1.82, 2.24) is 9.97 Å². The van der Waals surface area contributed by atoms with Gasteiger partial charge in [0.2, 0.25) is 11.9 Å². The van der Waals surface area contributed by atoms with Crippen LogP contribution in [0.15, 0.2) is 71.8 Å². The molecule has 0 saturated carbocycles. The highest BCUT2D eigenvalue weighted by atomic mass is 32.2. The summed E-state index contributed by atoms with van der Waals surface area (Å²) in [5.41, 5.74) is 5.31. The minimum absolute atomic E-state index is 0.106. The zero-order valence-electron chi connectivity index (χ0n) is 19.2. The molecule has 6 nitrogen and oxygen atoms in total. The Kier molecular flexibility index (Phi) is 6.36. The zero-order valence-corrected chi connectivity index (χ0v) is 20.1. The predicted octanol–water partition coefficient (Wildman–Crippen LogP) is 5.24. The molecule has 0 radical (unpaired) electrons. The van der Waals surface area contributed by atoms with E-state index < -0.39 is 0 Å². The van der Waals surface area contributed by atoms with Crippen molar-refractivity contribution in [3.8, 4) is 5.75 Å². The van der Waals surface area contributed by atoms with E-state index in [4.69, 9.17) is 14.7 Å². The summed E-state index contributed by atoms with van der Waals surface area (Å²) in [7, 11) is 1.60. The van der Waals surface area contributed by atoms with Gasteiger partial charge in [-0.15, -0.1) is 0 Å². The average Bonchev–Trinajstić information content (AvgIpc) is 2.87. The van der Waals surface area contributed by atoms with Gasteiger partial charge in [0.25, 0.3) is 0 Å². The Balaban J connectivity index is 1.37. The number of nitrogens with one attached hydrogen (secondary N) is 1. The predicted molar refractivity (Wildman–Crippen MR) is 138 cm³/mol. The maximum atomic E-state index is 12.8. The van der Waals surface area contributed by atoms with Gasteiger partial charge in [0.15, 0.2) is 0 Å². The van der Waals surface area contributed by atoms with Gasteiger partial charge in [0.05, 0.1) is 24.1 Å². The minimum Gasteiger partial charge on any atom is -0.495 e. The molecule has 0 atom stereocenters. The number of hydrogen-bond donors (Lipinski definition) is 1. The monoisotopic (exact) mass is 470 g/mol. The summed E-state index contributed by atoms with van der Waals surface area (Å²) in [6.07, 6.45) is 0.968. The van der Waals surface area contributed by atoms with Crippen LogP contribution in [0.4, 0.5) is 11.6 Å². The quantitative estimate of drug-likeness (QED) is 0.307. The number of methoxy groups -OCH3 is 1. The number of amides is 1. The Labute approximate surface area is 203 Å². The van der Waals surface area contributed by atoms with E-state index in [1.165, 1.54) is 22.9 Å². The van der Waals surface area contributed by atoms with Crippen LogP contribution in [0, 0.1) is 6.92 Å². The molecule has 0 saturated heterocycles. The maximum absolute atomic E-state index is 12.8. The third kappa shape index (κ3) is 4.70. The van der Waals surface area contributed by atoms with Gasteiger partial charge >= 0.3 is 0 Å². The molecule has 1 N–H and O–H groups in total. The van der Waals surface area contributed by atoms with Crippen molar-refractivity contribution in [2.45, 2.75) is 24.9 Å².